The molecular formula is C22H21Br. The van der Waals surface area contributed by atoms with Crippen molar-refractivity contribution in [2.45, 2.75) is 39.0 Å². The molecule has 0 bridgehead atoms. The van der Waals surface area contributed by atoms with Gasteiger partial charge < -0.3 is 0 Å². The Balaban J connectivity index is 1.72. The van der Waals surface area contributed by atoms with Crippen molar-refractivity contribution in [3.05, 3.63) is 74.8 Å². The Morgan fingerprint density at radius 1 is 1.17 bits per heavy atom. The monoisotopic (exact) mass is 364 g/mol. The third-order valence-electron chi connectivity index (χ3n) is 5.34. The second-order valence-corrected chi connectivity index (χ2v) is 7.72. The van der Waals surface area contributed by atoms with E-state index in [0.717, 1.165) is 10.9 Å². The highest BCUT2D eigenvalue weighted by atomic mass is 79.9. The van der Waals surface area contributed by atoms with E-state index in [1.165, 1.54) is 45.9 Å². The molecule has 1 atom stereocenters. The van der Waals surface area contributed by atoms with E-state index in [2.05, 4.69) is 78.3 Å². The fourth-order valence-corrected chi connectivity index (χ4v) is 4.42. The lowest BCUT2D eigenvalue weighted by molar-refractivity contribution is 0.705. The van der Waals surface area contributed by atoms with Crippen LogP contribution in [0.4, 0.5) is 0 Å². The van der Waals surface area contributed by atoms with E-state index in [1.807, 2.05) is 0 Å². The van der Waals surface area contributed by atoms with Crippen molar-refractivity contribution >= 4 is 32.8 Å². The normalized spacial score (nSPS) is 19.2. The molecule has 0 fully saturated rings. The van der Waals surface area contributed by atoms with Crippen molar-refractivity contribution in [2.75, 3.05) is 0 Å². The van der Waals surface area contributed by atoms with Crippen LogP contribution in [0, 0.1) is 6.92 Å². The molecular weight excluding hydrogens is 344 g/mol. The number of halogens is 1. The summed E-state index contributed by atoms with van der Waals surface area (Å²) in [5.41, 5.74) is 7.50. The van der Waals surface area contributed by atoms with Gasteiger partial charge in [0.25, 0.3) is 0 Å². The third kappa shape index (κ3) is 2.61. The van der Waals surface area contributed by atoms with Crippen LogP contribution in [-0.2, 0) is 0 Å². The second-order valence-electron chi connectivity index (χ2n) is 6.81. The molecule has 0 radical (unpaired) electrons. The van der Waals surface area contributed by atoms with Crippen LogP contribution >= 0.6 is 15.9 Å². The van der Waals surface area contributed by atoms with Gasteiger partial charge in [0.05, 0.1) is 0 Å². The average molecular weight is 365 g/mol. The number of hydrogen-bond acceptors (Lipinski definition) is 0. The van der Waals surface area contributed by atoms with Crippen molar-refractivity contribution in [1.82, 2.24) is 0 Å². The summed E-state index contributed by atoms with van der Waals surface area (Å²) in [5, 5.41) is 2.73. The third-order valence-corrected chi connectivity index (χ3v) is 5.84. The van der Waals surface area contributed by atoms with E-state index < -0.39 is 0 Å². The highest BCUT2D eigenvalue weighted by Crippen LogP contribution is 2.44. The number of benzene rings is 2. The molecule has 1 heteroatoms. The average Bonchev–Trinajstić information content (AvgIpc) is 3.13. The molecule has 2 aliphatic carbocycles. The molecule has 4 rings (SSSR count). The summed E-state index contributed by atoms with van der Waals surface area (Å²) >= 11 is 3.61. The number of allylic oxidation sites excluding steroid dienone is 5. The molecule has 0 nitrogen and oxygen atoms in total. The number of aryl methyl sites for hydroxylation is 1. The van der Waals surface area contributed by atoms with Gasteiger partial charge in [0.15, 0.2) is 0 Å². The van der Waals surface area contributed by atoms with Crippen molar-refractivity contribution in [3.63, 3.8) is 0 Å². The summed E-state index contributed by atoms with van der Waals surface area (Å²) in [6.45, 7) is 4.57. The standard InChI is InChI=1S/C22H21Br/c1-14-11-21-15(2)20-10-8-18(23)12-17(20)13-22(21)19(14)9-7-16-5-3-4-6-16/h3-5,8,10-13,19H,6-7,9H2,1-2H3. The van der Waals surface area contributed by atoms with Crippen LogP contribution in [0.2, 0.25) is 0 Å². The summed E-state index contributed by atoms with van der Waals surface area (Å²) in [5.74, 6) is 0.577. The minimum Gasteiger partial charge on any atom is -0.0805 e. The molecule has 1 unspecified atom stereocenters. The Kier molecular flexibility index (Phi) is 3.77. The topological polar surface area (TPSA) is 0 Å². The first-order chi connectivity index (χ1) is 11.1. The van der Waals surface area contributed by atoms with E-state index in [4.69, 9.17) is 0 Å². The molecule has 0 spiro atoms. The first-order valence-electron chi connectivity index (χ1n) is 8.39. The van der Waals surface area contributed by atoms with Gasteiger partial charge in [-0.2, -0.15) is 0 Å². The molecule has 2 aromatic rings. The van der Waals surface area contributed by atoms with Crippen LogP contribution in [0.1, 0.15) is 48.8 Å². The van der Waals surface area contributed by atoms with Gasteiger partial charge in [-0.1, -0.05) is 57.4 Å². The van der Waals surface area contributed by atoms with Gasteiger partial charge in [-0.05, 0) is 78.8 Å². The molecule has 0 saturated heterocycles. The Bertz CT molecular complexity index is 880. The molecule has 2 aromatic carbocycles. The molecule has 0 saturated carbocycles. The molecule has 0 amide bonds. The first kappa shape index (κ1) is 15.0. The molecule has 2 aliphatic rings. The summed E-state index contributed by atoms with van der Waals surface area (Å²) in [4.78, 5) is 0. The highest BCUT2D eigenvalue weighted by molar-refractivity contribution is 9.10. The summed E-state index contributed by atoms with van der Waals surface area (Å²) in [6, 6.07) is 9.04. The largest absolute Gasteiger partial charge is 0.0805 e. The van der Waals surface area contributed by atoms with Crippen LogP contribution in [0.3, 0.4) is 0 Å². The number of hydrogen-bond donors (Lipinski definition) is 0. The Morgan fingerprint density at radius 3 is 2.83 bits per heavy atom. The maximum atomic E-state index is 3.61. The van der Waals surface area contributed by atoms with Gasteiger partial charge in [0, 0.05) is 10.4 Å². The van der Waals surface area contributed by atoms with E-state index in [0.29, 0.717) is 5.92 Å². The second kappa shape index (κ2) is 5.79. The van der Waals surface area contributed by atoms with Gasteiger partial charge in [0.2, 0.25) is 0 Å². The minimum atomic E-state index is 0.577. The van der Waals surface area contributed by atoms with Crippen molar-refractivity contribution < 1.29 is 0 Å². The lowest BCUT2D eigenvalue weighted by Crippen LogP contribution is -1.99. The zero-order valence-corrected chi connectivity index (χ0v) is 15.3. The molecule has 116 valence electrons. The maximum Gasteiger partial charge on any atom is 0.0181 e. The van der Waals surface area contributed by atoms with Crippen LogP contribution < -0.4 is 0 Å². The van der Waals surface area contributed by atoms with Crippen LogP contribution in [0.25, 0.3) is 16.8 Å². The minimum absolute atomic E-state index is 0.577. The lowest BCUT2D eigenvalue weighted by Gasteiger charge is -2.17. The van der Waals surface area contributed by atoms with Crippen LogP contribution in [0.15, 0.2) is 58.1 Å². The Morgan fingerprint density at radius 2 is 2.04 bits per heavy atom. The quantitative estimate of drug-likeness (QED) is 0.545. The zero-order valence-electron chi connectivity index (χ0n) is 13.7. The zero-order chi connectivity index (χ0) is 16.0. The van der Waals surface area contributed by atoms with E-state index in [-0.39, 0.29) is 0 Å². The first-order valence-corrected chi connectivity index (χ1v) is 9.18. The summed E-state index contributed by atoms with van der Waals surface area (Å²) in [7, 11) is 0. The number of rotatable bonds is 3. The Labute approximate surface area is 146 Å². The molecule has 23 heavy (non-hydrogen) atoms. The lowest BCUT2D eigenvalue weighted by atomic mass is 9.87. The van der Waals surface area contributed by atoms with Gasteiger partial charge in [0.1, 0.15) is 0 Å². The van der Waals surface area contributed by atoms with Crippen molar-refractivity contribution in [2.24, 2.45) is 0 Å². The van der Waals surface area contributed by atoms with E-state index in [9.17, 15) is 0 Å². The van der Waals surface area contributed by atoms with Crippen molar-refractivity contribution in [1.29, 1.82) is 0 Å². The Hall–Kier alpha value is -1.60. The fourth-order valence-electron chi connectivity index (χ4n) is 4.04. The van der Waals surface area contributed by atoms with E-state index in [1.54, 1.807) is 5.57 Å². The predicted octanol–water partition coefficient (Wildman–Crippen LogP) is 7.08. The van der Waals surface area contributed by atoms with E-state index >= 15 is 0 Å². The van der Waals surface area contributed by atoms with Crippen LogP contribution in [-0.4, -0.2) is 0 Å². The molecule has 0 aliphatic heterocycles. The summed E-state index contributed by atoms with van der Waals surface area (Å²) in [6.07, 6.45) is 12.7. The van der Waals surface area contributed by atoms with Gasteiger partial charge in [-0.15, -0.1) is 0 Å². The highest BCUT2D eigenvalue weighted by Gasteiger charge is 2.25. The van der Waals surface area contributed by atoms with Gasteiger partial charge in [-0.25, -0.2) is 0 Å². The van der Waals surface area contributed by atoms with Gasteiger partial charge in [-0.3, -0.25) is 0 Å². The summed E-state index contributed by atoms with van der Waals surface area (Å²) < 4.78 is 1.16. The molecule has 0 aromatic heterocycles. The SMILES string of the molecule is CC1=Cc2c(cc3cc(Br)ccc3c2C)C1CCC1=CC=CC1. The molecule has 0 heterocycles. The fraction of sp³-hybridized carbons (Fsp3) is 0.273. The van der Waals surface area contributed by atoms with Crippen molar-refractivity contribution in [3.8, 4) is 0 Å². The maximum absolute atomic E-state index is 3.61. The molecule has 0 N–H and O–H groups in total. The number of fused-ring (bicyclic) bond motifs is 2. The van der Waals surface area contributed by atoms with Gasteiger partial charge >= 0.3 is 0 Å². The smallest absolute Gasteiger partial charge is 0.0181 e. The van der Waals surface area contributed by atoms with Crippen LogP contribution in [0.5, 0.6) is 0 Å². The predicted molar refractivity (Wildman–Crippen MR) is 104 cm³/mol.